The summed E-state index contributed by atoms with van der Waals surface area (Å²) in [4.78, 5) is 37.0. The van der Waals surface area contributed by atoms with Crippen molar-refractivity contribution in [3.63, 3.8) is 0 Å². The van der Waals surface area contributed by atoms with Crippen molar-refractivity contribution in [2.75, 3.05) is 26.1 Å². The van der Waals surface area contributed by atoms with Crippen LogP contribution >= 0.6 is 0 Å². The van der Waals surface area contributed by atoms with Crippen LogP contribution in [0.25, 0.3) is 0 Å². The first kappa shape index (κ1) is 20.4. The van der Waals surface area contributed by atoms with Crippen molar-refractivity contribution in [1.82, 2.24) is 5.32 Å². The molecule has 1 fully saturated rings. The van der Waals surface area contributed by atoms with E-state index in [0.717, 1.165) is 11.3 Å². The van der Waals surface area contributed by atoms with Crippen molar-refractivity contribution in [3.05, 3.63) is 59.7 Å². The second kappa shape index (κ2) is 8.77. The van der Waals surface area contributed by atoms with Crippen LogP contribution in [0.4, 0.5) is 5.69 Å². The Morgan fingerprint density at radius 2 is 1.76 bits per heavy atom. The number of hydrogen-bond donors (Lipinski definition) is 2. The van der Waals surface area contributed by atoms with E-state index in [1.165, 1.54) is 13.2 Å². The van der Waals surface area contributed by atoms with Gasteiger partial charge in [0.1, 0.15) is 11.2 Å². The molecule has 0 atom stereocenters. The predicted molar refractivity (Wildman–Crippen MR) is 108 cm³/mol. The molecule has 7 nitrogen and oxygen atoms in total. The zero-order valence-corrected chi connectivity index (χ0v) is 16.5. The molecule has 0 heterocycles. The van der Waals surface area contributed by atoms with E-state index in [-0.39, 0.29) is 11.8 Å². The van der Waals surface area contributed by atoms with E-state index in [1.807, 2.05) is 24.3 Å². The highest BCUT2D eigenvalue weighted by molar-refractivity contribution is 6.13. The minimum Gasteiger partial charge on any atom is -0.497 e. The molecule has 2 aromatic carbocycles. The minimum atomic E-state index is -1.05. The summed E-state index contributed by atoms with van der Waals surface area (Å²) in [5.41, 5.74) is 0.778. The normalized spacial score (nSPS) is 13.9. The summed E-state index contributed by atoms with van der Waals surface area (Å²) >= 11 is 0. The molecule has 1 aliphatic rings. The highest BCUT2D eigenvalue weighted by Crippen LogP contribution is 2.46. The highest BCUT2D eigenvalue weighted by Gasteiger charge is 2.56. The Bertz CT molecular complexity index is 921. The zero-order chi connectivity index (χ0) is 20.9. The van der Waals surface area contributed by atoms with Crippen molar-refractivity contribution in [3.8, 4) is 5.75 Å². The minimum absolute atomic E-state index is 0.276. The first-order chi connectivity index (χ1) is 14.0. The number of esters is 1. The molecule has 7 heteroatoms. The number of rotatable bonds is 8. The molecule has 29 heavy (non-hydrogen) atoms. The van der Waals surface area contributed by atoms with Gasteiger partial charge >= 0.3 is 5.97 Å². The Kier molecular flexibility index (Phi) is 6.16. The summed E-state index contributed by atoms with van der Waals surface area (Å²) in [5, 5.41) is 5.61. The first-order valence-corrected chi connectivity index (χ1v) is 9.39. The van der Waals surface area contributed by atoms with Gasteiger partial charge in [-0.3, -0.25) is 9.59 Å². The van der Waals surface area contributed by atoms with Crippen molar-refractivity contribution in [1.29, 1.82) is 0 Å². The Morgan fingerprint density at radius 3 is 2.45 bits per heavy atom. The molecule has 0 aromatic heterocycles. The molecule has 0 unspecified atom stereocenters. The van der Waals surface area contributed by atoms with E-state index in [1.54, 1.807) is 25.3 Å². The number of anilines is 1. The highest BCUT2D eigenvalue weighted by atomic mass is 16.5. The lowest BCUT2D eigenvalue weighted by Gasteiger charge is -2.16. The number of amides is 2. The number of hydrogen-bond acceptors (Lipinski definition) is 5. The summed E-state index contributed by atoms with van der Waals surface area (Å²) in [6.07, 6.45) is 1.64. The smallest absolute Gasteiger partial charge is 0.337 e. The Labute approximate surface area is 169 Å². The van der Waals surface area contributed by atoms with Crippen LogP contribution in [0, 0.1) is 5.41 Å². The average Bonchev–Trinajstić information content (AvgIpc) is 3.55. The van der Waals surface area contributed by atoms with E-state index >= 15 is 0 Å². The van der Waals surface area contributed by atoms with E-state index in [2.05, 4.69) is 15.4 Å². The number of methoxy groups -OCH3 is 2. The van der Waals surface area contributed by atoms with Gasteiger partial charge in [-0.25, -0.2) is 4.79 Å². The third-order valence-corrected chi connectivity index (χ3v) is 4.99. The first-order valence-electron chi connectivity index (χ1n) is 9.39. The van der Waals surface area contributed by atoms with Gasteiger partial charge < -0.3 is 20.1 Å². The number of nitrogens with one attached hydrogen (secondary N) is 2. The molecule has 2 N–H and O–H groups in total. The molecule has 0 aliphatic heterocycles. The summed E-state index contributed by atoms with van der Waals surface area (Å²) < 4.78 is 9.88. The number of carbonyl (C=O) groups excluding carboxylic acids is 3. The van der Waals surface area contributed by atoms with Crippen LogP contribution in [0.3, 0.4) is 0 Å². The van der Waals surface area contributed by atoms with Crippen molar-refractivity contribution in [2.24, 2.45) is 5.41 Å². The van der Waals surface area contributed by atoms with E-state index in [9.17, 15) is 14.4 Å². The van der Waals surface area contributed by atoms with Crippen LogP contribution in [-0.2, 0) is 20.7 Å². The van der Waals surface area contributed by atoms with Gasteiger partial charge in [0, 0.05) is 12.2 Å². The molecule has 0 radical (unpaired) electrons. The fourth-order valence-corrected chi connectivity index (χ4v) is 3.09. The quantitative estimate of drug-likeness (QED) is 0.528. The van der Waals surface area contributed by atoms with Crippen LogP contribution in [0.5, 0.6) is 5.75 Å². The molecule has 1 saturated carbocycles. The van der Waals surface area contributed by atoms with Gasteiger partial charge in [-0.2, -0.15) is 0 Å². The predicted octanol–water partition coefficient (Wildman–Crippen LogP) is 2.56. The van der Waals surface area contributed by atoms with Crippen molar-refractivity contribution >= 4 is 23.5 Å². The fraction of sp³-hybridized carbons (Fsp3) is 0.318. The van der Waals surface area contributed by atoms with E-state index in [4.69, 9.17) is 4.74 Å². The fourth-order valence-electron chi connectivity index (χ4n) is 3.09. The van der Waals surface area contributed by atoms with E-state index in [0.29, 0.717) is 37.1 Å². The SMILES string of the molecule is COC(=O)c1cccc(NC(=O)C2(C(=O)NCCc3cccc(OC)c3)CC2)c1. The molecular formula is C22H24N2O5. The summed E-state index contributed by atoms with van der Waals surface area (Å²) in [5.74, 6) is -0.362. The van der Waals surface area contributed by atoms with E-state index < -0.39 is 11.4 Å². The molecule has 2 aromatic rings. The van der Waals surface area contributed by atoms with Gasteiger partial charge in [0.2, 0.25) is 11.8 Å². The lowest BCUT2D eigenvalue weighted by Crippen LogP contribution is -2.40. The number of benzene rings is 2. The molecular weight excluding hydrogens is 372 g/mol. The van der Waals surface area contributed by atoms with Gasteiger partial charge in [-0.05, 0) is 55.2 Å². The monoisotopic (exact) mass is 396 g/mol. The summed E-state index contributed by atoms with van der Waals surface area (Å²) in [6.45, 7) is 0.429. The maximum absolute atomic E-state index is 12.7. The topological polar surface area (TPSA) is 93.7 Å². The van der Waals surface area contributed by atoms with Gasteiger partial charge in [0.25, 0.3) is 0 Å². The lowest BCUT2D eigenvalue weighted by atomic mass is 10.0. The molecule has 2 amide bonds. The maximum Gasteiger partial charge on any atom is 0.337 e. The Morgan fingerprint density at radius 1 is 1.00 bits per heavy atom. The molecule has 0 spiro atoms. The van der Waals surface area contributed by atoms with Crippen molar-refractivity contribution in [2.45, 2.75) is 19.3 Å². The largest absolute Gasteiger partial charge is 0.497 e. The van der Waals surface area contributed by atoms with Crippen LogP contribution < -0.4 is 15.4 Å². The molecule has 3 rings (SSSR count). The second-order valence-corrected chi connectivity index (χ2v) is 6.97. The van der Waals surface area contributed by atoms with Gasteiger partial charge in [0.05, 0.1) is 19.8 Å². The summed E-state index contributed by atoms with van der Waals surface area (Å²) in [6, 6.07) is 14.1. The molecule has 152 valence electrons. The zero-order valence-electron chi connectivity index (χ0n) is 16.5. The van der Waals surface area contributed by atoms with Crippen LogP contribution in [0.2, 0.25) is 0 Å². The van der Waals surface area contributed by atoms with Gasteiger partial charge in [0.15, 0.2) is 0 Å². The van der Waals surface area contributed by atoms with Gasteiger partial charge in [-0.15, -0.1) is 0 Å². The lowest BCUT2D eigenvalue weighted by molar-refractivity contribution is -0.134. The molecule has 1 aliphatic carbocycles. The third kappa shape index (κ3) is 4.74. The average molecular weight is 396 g/mol. The Hall–Kier alpha value is -3.35. The second-order valence-electron chi connectivity index (χ2n) is 6.97. The number of carbonyl (C=O) groups is 3. The molecule has 0 saturated heterocycles. The third-order valence-electron chi connectivity index (χ3n) is 4.99. The Balaban J connectivity index is 1.56. The maximum atomic E-state index is 12.7. The van der Waals surface area contributed by atoms with Crippen LogP contribution in [0.15, 0.2) is 48.5 Å². The van der Waals surface area contributed by atoms with Crippen LogP contribution in [0.1, 0.15) is 28.8 Å². The summed E-state index contributed by atoms with van der Waals surface area (Å²) in [7, 11) is 2.90. The van der Waals surface area contributed by atoms with Crippen molar-refractivity contribution < 1.29 is 23.9 Å². The molecule has 0 bridgehead atoms. The van der Waals surface area contributed by atoms with Crippen LogP contribution in [-0.4, -0.2) is 38.5 Å². The van der Waals surface area contributed by atoms with Gasteiger partial charge in [-0.1, -0.05) is 18.2 Å². The standard InChI is InChI=1S/C22H24N2O5/c1-28-18-8-3-5-15(13-18)9-12-23-20(26)22(10-11-22)21(27)24-17-7-4-6-16(14-17)19(25)29-2/h3-8,13-14H,9-12H2,1-2H3,(H,23,26)(H,24,27). The number of ether oxygens (including phenoxy) is 2.